The summed E-state index contributed by atoms with van der Waals surface area (Å²) in [5.74, 6) is 0.0302. The highest BCUT2D eigenvalue weighted by molar-refractivity contribution is 5.81. The van der Waals surface area contributed by atoms with Gasteiger partial charge in [-0.25, -0.2) is 9.18 Å². The van der Waals surface area contributed by atoms with Gasteiger partial charge in [0.2, 0.25) is 0 Å². The molecule has 132 valence electrons. The Balaban J connectivity index is 2.06. The van der Waals surface area contributed by atoms with E-state index in [-0.39, 0.29) is 17.9 Å². The summed E-state index contributed by atoms with van der Waals surface area (Å²) < 4.78 is 24.3. The summed E-state index contributed by atoms with van der Waals surface area (Å²) in [6.45, 7) is 3.87. The molecule has 0 unspecified atom stereocenters. The smallest absolute Gasteiger partial charge is 0.330 e. The van der Waals surface area contributed by atoms with Crippen LogP contribution in [0.1, 0.15) is 25.8 Å². The molecule has 0 aliphatic carbocycles. The number of halogens is 1. The molecule has 0 spiro atoms. The van der Waals surface area contributed by atoms with Gasteiger partial charge in [-0.1, -0.05) is 30.3 Å². The van der Waals surface area contributed by atoms with Crippen LogP contribution in [-0.2, 0) is 16.0 Å². The van der Waals surface area contributed by atoms with Crippen molar-refractivity contribution in [2.45, 2.75) is 32.8 Å². The third kappa shape index (κ3) is 5.75. The Hall–Kier alpha value is -2.62. The Bertz CT molecular complexity index is 733. The van der Waals surface area contributed by atoms with E-state index in [4.69, 9.17) is 4.74 Å². The molecule has 0 aromatic heterocycles. The van der Waals surface area contributed by atoms with E-state index < -0.39 is 0 Å². The van der Waals surface area contributed by atoms with Crippen molar-refractivity contribution in [3.63, 3.8) is 0 Å². The van der Waals surface area contributed by atoms with Crippen LogP contribution in [0.5, 0.6) is 5.75 Å². The largest absolute Gasteiger partial charge is 0.491 e. The molecule has 0 fully saturated rings. The highest BCUT2D eigenvalue weighted by atomic mass is 19.1. The maximum atomic E-state index is 14.1. The lowest BCUT2D eigenvalue weighted by Gasteiger charge is -2.12. The molecule has 3 nitrogen and oxygen atoms in total. The lowest BCUT2D eigenvalue weighted by atomic mass is 10.0. The lowest BCUT2D eigenvalue weighted by molar-refractivity contribution is -0.134. The van der Waals surface area contributed by atoms with Gasteiger partial charge in [0.25, 0.3) is 0 Å². The number of rotatable bonds is 7. The highest BCUT2D eigenvalue weighted by Crippen LogP contribution is 2.28. The number of allylic oxidation sites excluding steroid dienone is 1. The molecular formula is C21H23FO3. The zero-order valence-corrected chi connectivity index (χ0v) is 14.8. The van der Waals surface area contributed by atoms with Crippen molar-refractivity contribution < 1.29 is 18.7 Å². The number of carbonyl (C=O) groups excluding carboxylic acids is 1. The zero-order chi connectivity index (χ0) is 18.2. The summed E-state index contributed by atoms with van der Waals surface area (Å²) in [6.07, 6.45) is 4.78. The quantitative estimate of drug-likeness (QED) is 0.528. The summed E-state index contributed by atoms with van der Waals surface area (Å²) in [5.41, 5.74) is 2.45. The van der Waals surface area contributed by atoms with E-state index >= 15 is 0 Å². The lowest BCUT2D eigenvalue weighted by Crippen LogP contribution is -2.05. The van der Waals surface area contributed by atoms with Gasteiger partial charge in [0.1, 0.15) is 11.6 Å². The van der Waals surface area contributed by atoms with E-state index in [1.165, 1.54) is 19.3 Å². The third-order valence-electron chi connectivity index (χ3n) is 3.63. The van der Waals surface area contributed by atoms with Crippen molar-refractivity contribution in [1.29, 1.82) is 0 Å². The number of carbonyl (C=O) groups is 1. The molecule has 0 bridgehead atoms. The van der Waals surface area contributed by atoms with Crippen molar-refractivity contribution >= 4 is 5.97 Å². The molecule has 0 aliphatic rings. The van der Waals surface area contributed by atoms with Gasteiger partial charge >= 0.3 is 5.97 Å². The molecule has 0 heterocycles. The minimum Gasteiger partial charge on any atom is -0.491 e. The fourth-order valence-electron chi connectivity index (χ4n) is 2.42. The van der Waals surface area contributed by atoms with E-state index in [1.54, 1.807) is 18.2 Å². The molecule has 0 saturated carbocycles. The highest BCUT2D eigenvalue weighted by Gasteiger charge is 2.08. The van der Waals surface area contributed by atoms with Crippen LogP contribution < -0.4 is 4.74 Å². The second-order valence-electron chi connectivity index (χ2n) is 5.97. The molecule has 25 heavy (non-hydrogen) atoms. The molecule has 0 aliphatic heterocycles. The van der Waals surface area contributed by atoms with Crippen molar-refractivity contribution in [3.8, 4) is 16.9 Å². The predicted octanol–water partition coefficient (Wildman–Crippen LogP) is 4.94. The molecule has 0 saturated heterocycles. The summed E-state index contributed by atoms with van der Waals surface area (Å²) in [4.78, 5) is 11.0. The number of esters is 1. The van der Waals surface area contributed by atoms with Crippen LogP contribution in [-0.4, -0.2) is 19.2 Å². The Kier molecular flexibility index (Phi) is 6.75. The second-order valence-corrected chi connectivity index (χ2v) is 5.97. The summed E-state index contributed by atoms with van der Waals surface area (Å²) in [7, 11) is 1.35. The SMILES string of the molecule is COC(=O)/C=C/CCc1ccc(-c2cc(OC(C)C)ccc2F)cc1. The molecule has 0 radical (unpaired) electrons. The first-order valence-corrected chi connectivity index (χ1v) is 8.29. The van der Waals surface area contributed by atoms with Crippen LogP contribution in [0.15, 0.2) is 54.6 Å². The molecule has 0 atom stereocenters. The van der Waals surface area contributed by atoms with Gasteiger partial charge in [0, 0.05) is 11.6 Å². The topological polar surface area (TPSA) is 35.5 Å². The van der Waals surface area contributed by atoms with E-state index in [2.05, 4.69) is 4.74 Å². The van der Waals surface area contributed by atoms with Gasteiger partial charge in [-0.15, -0.1) is 0 Å². The van der Waals surface area contributed by atoms with E-state index in [0.29, 0.717) is 11.3 Å². The maximum absolute atomic E-state index is 14.1. The third-order valence-corrected chi connectivity index (χ3v) is 3.63. The summed E-state index contributed by atoms with van der Waals surface area (Å²) >= 11 is 0. The first-order valence-electron chi connectivity index (χ1n) is 8.29. The molecule has 2 aromatic rings. The van der Waals surface area contributed by atoms with E-state index in [0.717, 1.165) is 24.0 Å². The Morgan fingerprint density at radius 1 is 1.16 bits per heavy atom. The zero-order valence-electron chi connectivity index (χ0n) is 14.8. The molecule has 0 N–H and O–H groups in total. The van der Waals surface area contributed by atoms with Crippen molar-refractivity contribution in [2.75, 3.05) is 7.11 Å². The van der Waals surface area contributed by atoms with Crippen LogP contribution in [0.3, 0.4) is 0 Å². The van der Waals surface area contributed by atoms with Crippen molar-refractivity contribution in [3.05, 3.63) is 66.0 Å². The Morgan fingerprint density at radius 3 is 2.52 bits per heavy atom. The number of benzene rings is 2. The number of hydrogen-bond donors (Lipinski definition) is 0. The first-order chi connectivity index (χ1) is 12.0. The van der Waals surface area contributed by atoms with Gasteiger partial charge in [0.05, 0.1) is 13.2 Å². The monoisotopic (exact) mass is 342 g/mol. The summed E-state index contributed by atoms with van der Waals surface area (Å²) in [6, 6.07) is 12.5. The molecule has 2 aromatic carbocycles. The molecule has 0 amide bonds. The molecule has 4 heteroatoms. The second kappa shape index (κ2) is 9.02. The van der Waals surface area contributed by atoms with Crippen molar-refractivity contribution in [2.24, 2.45) is 0 Å². The van der Waals surface area contributed by atoms with Gasteiger partial charge in [0.15, 0.2) is 0 Å². The van der Waals surface area contributed by atoms with Gasteiger partial charge in [-0.3, -0.25) is 0 Å². The fraction of sp³-hybridized carbons (Fsp3) is 0.286. The number of methoxy groups -OCH3 is 1. The number of aryl methyl sites for hydroxylation is 1. The van der Waals surface area contributed by atoms with E-state index in [1.807, 2.05) is 38.1 Å². The number of hydrogen-bond acceptors (Lipinski definition) is 3. The van der Waals surface area contributed by atoms with Crippen LogP contribution >= 0.6 is 0 Å². The van der Waals surface area contributed by atoms with Crippen molar-refractivity contribution in [1.82, 2.24) is 0 Å². The van der Waals surface area contributed by atoms with Crippen LogP contribution in [0.4, 0.5) is 4.39 Å². The van der Waals surface area contributed by atoms with E-state index in [9.17, 15) is 9.18 Å². The Morgan fingerprint density at radius 2 is 1.88 bits per heavy atom. The number of ether oxygens (including phenoxy) is 2. The Labute approximate surface area is 148 Å². The van der Waals surface area contributed by atoms with Gasteiger partial charge in [-0.05, 0) is 56.0 Å². The van der Waals surface area contributed by atoms with Crippen LogP contribution in [0, 0.1) is 5.82 Å². The average molecular weight is 342 g/mol. The van der Waals surface area contributed by atoms with Gasteiger partial charge < -0.3 is 9.47 Å². The van der Waals surface area contributed by atoms with Crippen LogP contribution in [0.2, 0.25) is 0 Å². The fourth-order valence-corrected chi connectivity index (χ4v) is 2.42. The average Bonchev–Trinajstić information content (AvgIpc) is 2.60. The first kappa shape index (κ1) is 18.7. The predicted molar refractivity (Wildman–Crippen MR) is 97.1 cm³/mol. The standard InChI is InChI=1S/C21H23FO3/c1-15(2)25-18-12-13-20(22)19(14-18)17-10-8-16(9-11-17)6-4-5-7-21(23)24-3/h5,7-15H,4,6H2,1-3H3/b7-5+. The van der Waals surface area contributed by atoms with Crippen LogP contribution in [0.25, 0.3) is 11.1 Å². The minimum atomic E-state index is -0.352. The van der Waals surface area contributed by atoms with Gasteiger partial charge in [-0.2, -0.15) is 0 Å². The normalized spacial score (nSPS) is 11.1. The minimum absolute atomic E-state index is 0.0405. The maximum Gasteiger partial charge on any atom is 0.330 e. The summed E-state index contributed by atoms with van der Waals surface area (Å²) in [5, 5.41) is 0. The molecule has 2 rings (SSSR count). The molecular weight excluding hydrogens is 319 g/mol.